The summed E-state index contributed by atoms with van der Waals surface area (Å²) in [6.07, 6.45) is 3.31. The third-order valence-electron chi connectivity index (χ3n) is 4.46. The first-order valence-corrected chi connectivity index (χ1v) is 8.21. The Labute approximate surface area is 139 Å². The summed E-state index contributed by atoms with van der Waals surface area (Å²) in [5, 5.41) is 2.90. The molecule has 1 saturated heterocycles. The van der Waals surface area contributed by atoms with E-state index in [4.69, 9.17) is 0 Å². The highest BCUT2D eigenvalue weighted by molar-refractivity contribution is 5.91. The van der Waals surface area contributed by atoms with Gasteiger partial charge < -0.3 is 15.2 Å². The first kappa shape index (κ1) is 14.7. The number of imidazole rings is 1. The van der Waals surface area contributed by atoms with E-state index in [2.05, 4.69) is 25.2 Å². The Morgan fingerprint density at radius 2 is 1.92 bits per heavy atom. The van der Waals surface area contributed by atoms with Crippen molar-refractivity contribution in [3.05, 3.63) is 48.7 Å². The van der Waals surface area contributed by atoms with Crippen LogP contribution in [0.1, 0.15) is 12.8 Å². The van der Waals surface area contributed by atoms with Crippen molar-refractivity contribution in [2.45, 2.75) is 12.8 Å². The Morgan fingerprint density at radius 1 is 1.12 bits per heavy atom. The van der Waals surface area contributed by atoms with Gasteiger partial charge in [0.1, 0.15) is 5.82 Å². The molecule has 2 N–H and O–H groups in total. The Hall–Kier alpha value is -2.89. The summed E-state index contributed by atoms with van der Waals surface area (Å²) in [5.74, 6) is 1.58. The average Bonchev–Trinajstić information content (AvgIpc) is 3.07. The number of anilines is 2. The molecule has 3 aromatic rings. The summed E-state index contributed by atoms with van der Waals surface area (Å²) in [7, 11) is 0. The van der Waals surface area contributed by atoms with Crippen molar-refractivity contribution >= 4 is 28.7 Å². The fourth-order valence-electron chi connectivity index (χ4n) is 3.11. The van der Waals surface area contributed by atoms with Crippen LogP contribution in [0.2, 0.25) is 0 Å². The van der Waals surface area contributed by atoms with Crippen LogP contribution in [0.15, 0.2) is 48.7 Å². The Kier molecular flexibility index (Phi) is 3.86. The summed E-state index contributed by atoms with van der Waals surface area (Å²) in [4.78, 5) is 26.7. The normalized spacial score (nSPS) is 15.6. The van der Waals surface area contributed by atoms with Gasteiger partial charge in [0.2, 0.25) is 11.9 Å². The van der Waals surface area contributed by atoms with E-state index in [-0.39, 0.29) is 11.8 Å². The number of amides is 1. The number of aromatic amines is 1. The largest absolute Gasteiger partial charge is 0.342 e. The molecule has 0 aliphatic carbocycles. The molecule has 0 radical (unpaired) electrons. The second-order valence-electron chi connectivity index (χ2n) is 6.04. The third-order valence-corrected chi connectivity index (χ3v) is 4.46. The molecule has 1 aliphatic rings. The number of piperidine rings is 1. The number of aromatic nitrogens is 3. The van der Waals surface area contributed by atoms with E-state index in [1.165, 1.54) is 0 Å². The van der Waals surface area contributed by atoms with Gasteiger partial charge in [0.25, 0.3) is 0 Å². The average molecular weight is 321 g/mol. The lowest BCUT2D eigenvalue weighted by molar-refractivity contribution is -0.120. The van der Waals surface area contributed by atoms with Gasteiger partial charge in [-0.3, -0.25) is 4.79 Å². The molecule has 1 aliphatic heterocycles. The second-order valence-corrected chi connectivity index (χ2v) is 6.04. The number of hydrogen-bond donors (Lipinski definition) is 2. The van der Waals surface area contributed by atoms with Crippen LogP contribution in [0.25, 0.3) is 11.0 Å². The lowest BCUT2D eigenvalue weighted by Gasteiger charge is -2.30. The minimum Gasteiger partial charge on any atom is -0.342 e. The SMILES string of the molecule is O=C(Nc1ccccn1)C1CCN(c2nc3ccccc3[nH]2)CC1. The number of pyridine rings is 1. The van der Waals surface area contributed by atoms with Crippen LogP contribution in [0.4, 0.5) is 11.8 Å². The number of hydrogen-bond acceptors (Lipinski definition) is 4. The number of H-pyrrole nitrogens is 1. The Bertz CT molecular complexity index is 804. The van der Waals surface area contributed by atoms with E-state index >= 15 is 0 Å². The molecule has 0 unspecified atom stereocenters. The van der Waals surface area contributed by atoms with E-state index in [1.807, 2.05) is 36.4 Å². The van der Waals surface area contributed by atoms with Crippen LogP contribution in [0.5, 0.6) is 0 Å². The maximum atomic E-state index is 12.4. The van der Waals surface area contributed by atoms with Gasteiger partial charge >= 0.3 is 0 Å². The second kappa shape index (κ2) is 6.31. The van der Waals surface area contributed by atoms with Crippen LogP contribution in [0, 0.1) is 5.92 Å². The standard InChI is InChI=1S/C18H19N5O/c24-17(22-16-7-3-4-10-19-16)13-8-11-23(12-9-13)18-20-14-5-1-2-6-15(14)21-18/h1-7,10,13H,8-9,11-12H2,(H,20,21)(H,19,22,24). The molecule has 24 heavy (non-hydrogen) atoms. The van der Waals surface area contributed by atoms with Crippen LogP contribution >= 0.6 is 0 Å². The van der Waals surface area contributed by atoms with Gasteiger partial charge in [-0.25, -0.2) is 9.97 Å². The number of carbonyl (C=O) groups is 1. The zero-order valence-corrected chi connectivity index (χ0v) is 13.3. The van der Waals surface area contributed by atoms with E-state index in [0.717, 1.165) is 42.9 Å². The molecular formula is C18H19N5O. The summed E-state index contributed by atoms with van der Waals surface area (Å²) in [5.41, 5.74) is 2.02. The van der Waals surface area contributed by atoms with E-state index in [1.54, 1.807) is 12.3 Å². The number of para-hydroxylation sites is 2. The van der Waals surface area contributed by atoms with Crippen molar-refractivity contribution in [1.29, 1.82) is 0 Å². The van der Waals surface area contributed by atoms with Gasteiger partial charge in [0.15, 0.2) is 0 Å². The Morgan fingerprint density at radius 3 is 2.67 bits per heavy atom. The van der Waals surface area contributed by atoms with Gasteiger partial charge in [0.05, 0.1) is 11.0 Å². The van der Waals surface area contributed by atoms with Crippen LogP contribution in [0.3, 0.4) is 0 Å². The predicted octanol–water partition coefficient (Wildman–Crippen LogP) is 2.81. The fourth-order valence-corrected chi connectivity index (χ4v) is 3.11. The van der Waals surface area contributed by atoms with E-state index < -0.39 is 0 Å². The first-order chi connectivity index (χ1) is 11.8. The number of carbonyl (C=O) groups excluding carboxylic acids is 1. The molecule has 1 amide bonds. The highest BCUT2D eigenvalue weighted by Crippen LogP contribution is 2.24. The molecule has 0 saturated carbocycles. The molecule has 0 bridgehead atoms. The van der Waals surface area contributed by atoms with Crippen LogP contribution in [-0.4, -0.2) is 33.9 Å². The minimum absolute atomic E-state index is 0.0210. The molecule has 122 valence electrons. The molecular weight excluding hydrogens is 302 g/mol. The molecule has 2 aromatic heterocycles. The summed E-state index contributed by atoms with van der Waals surface area (Å²) in [6.45, 7) is 1.64. The molecule has 1 aromatic carbocycles. The monoisotopic (exact) mass is 321 g/mol. The molecule has 6 heteroatoms. The number of nitrogens with one attached hydrogen (secondary N) is 2. The van der Waals surface area contributed by atoms with Crippen molar-refractivity contribution < 1.29 is 4.79 Å². The van der Waals surface area contributed by atoms with Gasteiger partial charge in [-0.15, -0.1) is 0 Å². The van der Waals surface area contributed by atoms with E-state index in [9.17, 15) is 4.79 Å². The van der Waals surface area contributed by atoms with Crippen molar-refractivity contribution in [2.75, 3.05) is 23.3 Å². The molecule has 0 atom stereocenters. The smallest absolute Gasteiger partial charge is 0.228 e. The maximum absolute atomic E-state index is 12.4. The molecule has 3 heterocycles. The highest BCUT2D eigenvalue weighted by Gasteiger charge is 2.26. The lowest BCUT2D eigenvalue weighted by Crippen LogP contribution is -2.38. The Balaban J connectivity index is 1.38. The summed E-state index contributed by atoms with van der Waals surface area (Å²) in [6, 6.07) is 13.5. The summed E-state index contributed by atoms with van der Waals surface area (Å²) < 4.78 is 0. The first-order valence-electron chi connectivity index (χ1n) is 8.21. The van der Waals surface area contributed by atoms with Gasteiger partial charge in [-0.2, -0.15) is 0 Å². The van der Waals surface area contributed by atoms with Crippen molar-refractivity contribution in [3.8, 4) is 0 Å². The number of rotatable bonds is 3. The van der Waals surface area contributed by atoms with Crippen LogP contribution < -0.4 is 10.2 Å². The minimum atomic E-state index is 0.0210. The number of fused-ring (bicyclic) bond motifs is 1. The molecule has 1 fully saturated rings. The highest BCUT2D eigenvalue weighted by atomic mass is 16.1. The van der Waals surface area contributed by atoms with Gasteiger partial charge in [0, 0.05) is 25.2 Å². The van der Waals surface area contributed by atoms with Gasteiger partial charge in [-0.05, 0) is 37.1 Å². The van der Waals surface area contributed by atoms with E-state index in [0.29, 0.717) is 5.82 Å². The zero-order chi connectivity index (χ0) is 16.4. The molecule has 0 spiro atoms. The number of benzene rings is 1. The summed E-state index contributed by atoms with van der Waals surface area (Å²) >= 11 is 0. The van der Waals surface area contributed by atoms with Crippen LogP contribution in [-0.2, 0) is 4.79 Å². The topological polar surface area (TPSA) is 73.9 Å². The third kappa shape index (κ3) is 2.95. The van der Waals surface area contributed by atoms with Crippen molar-refractivity contribution in [2.24, 2.45) is 5.92 Å². The van der Waals surface area contributed by atoms with Gasteiger partial charge in [-0.1, -0.05) is 18.2 Å². The number of nitrogens with zero attached hydrogens (tertiary/aromatic N) is 3. The lowest BCUT2D eigenvalue weighted by atomic mass is 9.96. The fraction of sp³-hybridized carbons (Fsp3) is 0.278. The molecule has 4 rings (SSSR count). The van der Waals surface area contributed by atoms with Crippen molar-refractivity contribution in [3.63, 3.8) is 0 Å². The van der Waals surface area contributed by atoms with Crippen molar-refractivity contribution in [1.82, 2.24) is 15.0 Å². The predicted molar refractivity (Wildman–Crippen MR) is 93.9 cm³/mol. The maximum Gasteiger partial charge on any atom is 0.228 e. The zero-order valence-electron chi connectivity index (χ0n) is 13.3. The molecule has 6 nitrogen and oxygen atoms in total. The quantitative estimate of drug-likeness (QED) is 0.778.